The van der Waals surface area contributed by atoms with Gasteiger partial charge in [-0.1, -0.05) is 19.3 Å². The van der Waals surface area contributed by atoms with Gasteiger partial charge in [0.15, 0.2) is 0 Å². The smallest absolute Gasteiger partial charge is 0.0659 e. The first kappa shape index (κ1) is 11.4. The van der Waals surface area contributed by atoms with E-state index in [9.17, 15) is 5.11 Å². The molecule has 0 aromatic carbocycles. The standard InChI is InChI=1S/C12H23NO2/c13-8-12(6-7-15-9-12)11(14)10-4-2-1-3-5-10/h10-11,14H,1-9,13H2. The fourth-order valence-electron chi connectivity index (χ4n) is 3.09. The van der Waals surface area contributed by atoms with E-state index < -0.39 is 0 Å². The van der Waals surface area contributed by atoms with Crippen LogP contribution in [0, 0.1) is 11.3 Å². The van der Waals surface area contributed by atoms with E-state index in [0.717, 1.165) is 13.0 Å². The van der Waals surface area contributed by atoms with E-state index in [2.05, 4.69) is 0 Å². The molecular weight excluding hydrogens is 190 g/mol. The molecule has 2 rings (SSSR count). The molecule has 1 aliphatic heterocycles. The predicted molar refractivity (Wildman–Crippen MR) is 59.5 cm³/mol. The molecule has 0 spiro atoms. The average Bonchev–Trinajstić information content (AvgIpc) is 2.79. The van der Waals surface area contributed by atoms with E-state index in [1.807, 2.05) is 0 Å². The Morgan fingerprint density at radius 3 is 2.60 bits per heavy atom. The minimum Gasteiger partial charge on any atom is -0.392 e. The molecule has 1 aliphatic carbocycles. The van der Waals surface area contributed by atoms with Crippen molar-refractivity contribution in [1.29, 1.82) is 0 Å². The zero-order chi connectivity index (χ0) is 10.7. The monoisotopic (exact) mass is 213 g/mol. The van der Waals surface area contributed by atoms with Crippen LogP contribution in [-0.4, -0.2) is 31.0 Å². The van der Waals surface area contributed by atoms with Crippen molar-refractivity contribution in [3.05, 3.63) is 0 Å². The molecule has 2 unspecified atom stereocenters. The zero-order valence-electron chi connectivity index (χ0n) is 9.45. The van der Waals surface area contributed by atoms with Crippen molar-refractivity contribution in [3.63, 3.8) is 0 Å². The first-order valence-electron chi connectivity index (χ1n) is 6.24. The highest BCUT2D eigenvalue weighted by Crippen LogP contribution is 2.39. The van der Waals surface area contributed by atoms with Crippen LogP contribution < -0.4 is 5.73 Å². The van der Waals surface area contributed by atoms with Gasteiger partial charge in [0.2, 0.25) is 0 Å². The van der Waals surface area contributed by atoms with Crippen LogP contribution in [0.3, 0.4) is 0 Å². The molecule has 88 valence electrons. The zero-order valence-corrected chi connectivity index (χ0v) is 9.45. The topological polar surface area (TPSA) is 55.5 Å². The summed E-state index contributed by atoms with van der Waals surface area (Å²) in [6.45, 7) is 1.98. The van der Waals surface area contributed by atoms with Gasteiger partial charge in [-0.15, -0.1) is 0 Å². The summed E-state index contributed by atoms with van der Waals surface area (Å²) in [7, 11) is 0. The lowest BCUT2D eigenvalue weighted by atomic mass is 9.71. The van der Waals surface area contributed by atoms with Crippen LogP contribution in [0.25, 0.3) is 0 Å². The highest BCUT2D eigenvalue weighted by Gasteiger charge is 2.44. The molecule has 0 bridgehead atoms. The molecule has 0 radical (unpaired) electrons. The third-order valence-electron chi connectivity index (χ3n) is 4.26. The maximum Gasteiger partial charge on any atom is 0.0659 e. The lowest BCUT2D eigenvalue weighted by Crippen LogP contribution is -2.46. The molecular formula is C12H23NO2. The quantitative estimate of drug-likeness (QED) is 0.743. The van der Waals surface area contributed by atoms with E-state index in [4.69, 9.17) is 10.5 Å². The van der Waals surface area contributed by atoms with E-state index in [1.165, 1.54) is 32.1 Å². The van der Waals surface area contributed by atoms with E-state index in [0.29, 0.717) is 19.1 Å². The van der Waals surface area contributed by atoms with Gasteiger partial charge in [0.1, 0.15) is 0 Å². The molecule has 3 nitrogen and oxygen atoms in total. The van der Waals surface area contributed by atoms with Crippen LogP contribution >= 0.6 is 0 Å². The molecule has 1 saturated carbocycles. The van der Waals surface area contributed by atoms with Crippen molar-refractivity contribution < 1.29 is 9.84 Å². The van der Waals surface area contributed by atoms with Gasteiger partial charge in [0, 0.05) is 18.6 Å². The summed E-state index contributed by atoms with van der Waals surface area (Å²) in [5.41, 5.74) is 5.70. The van der Waals surface area contributed by atoms with Crippen molar-refractivity contribution in [2.24, 2.45) is 17.1 Å². The Kier molecular flexibility index (Phi) is 3.65. The average molecular weight is 213 g/mol. The van der Waals surface area contributed by atoms with Gasteiger partial charge in [0.25, 0.3) is 0 Å². The van der Waals surface area contributed by atoms with E-state index in [-0.39, 0.29) is 11.5 Å². The van der Waals surface area contributed by atoms with E-state index >= 15 is 0 Å². The maximum atomic E-state index is 10.5. The Bertz CT molecular complexity index is 196. The molecule has 3 N–H and O–H groups in total. The number of aliphatic hydroxyl groups excluding tert-OH is 1. The van der Waals surface area contributed by atoms with Gasteiger partial charge in [-0.3, -0.25) is 0 Å². The molecule has 0 amide bonds. The fraction of sp³-hybridized carbons (Fsp3) is 1.00. The Hall–Kier alpha value is -0.120. The number of ether oxygens (including phenoxy) is 1. The maximum absolute atomic E-state index is 10.5. The largest absolute Gasteiger partial charge is 0.392 e. The third kappa shape index (κ3) is 2.19. The van der Waals surface area contributed by atoms with Gasteiger partial charge in [-0.2, -0.15) is 0 Å². The summed E-state index contributed by atoms with van der Waals surface area (Å²) in [4.78, 5) is 0. The van der Waals surface area contributed by atoms with Crippen molar-refractivity contribution in [1.82, 2.24) is 0 Å². The van der Waals surface area contributed by atoms with Crippen LogP contribution in [0.2, 0.25) is 0 Å². The fourth-order valence-corrected chi connectivity index (χ4v) is 3.09. The highest BCUT2D eigenvalue weighted by molar-refractivity contribution is 4.94. The SMILES string of the molecule is NCC1(C(O)C2CCCCC2)CCOC1. The summed E-state index contributed by atoms with van der Waals surface area (Å²) < 4.78 is 5.42. The summed E-state index contributed by atoms with van der Waals surface area (Å²) in [6, 6.07) is 0. The van der Waals surface area contributed by atoms with Crippen LogP contribution in [0.4, 0.5) is 0 Å². The predicted octanol–water partition coefficient (Wildman–Crippen LogP) is 1.29. The van der Waals surface area contributed by atoms with Gasteiger partial charge in [-0.05, 0) is 25.2 Å². The van der Waals surface area contributed by atoms with Crippen molar-refractivity contribution >= 4 is 0 Å². The molecule has 0 aromatic heterocycles. The molecule has 3 heteroatoms. The lowest BCUT2D eigenvalue weighted by molar-refractivity contribution is -0.0305. The van der Waals surface area contributed by atoms with Gasteiger partial charge in [0.05, 0.1) is 12.7 Å². The number of aliphatic hydroxyl groups is 1. The lowest BCUT2D eigenvalue weighted by Gasteiger charge is -2.38. The van der Waals surface area contributed by atoms with Gasteiger partial charge in [-0.25, -0.2) is 0 Å². The summed E-state index contributed by atoms with van der Waals surface area (Å²) in [5.74, 6) is 0.462. The number of hydrogen-bond acceptors (Lipinski definition) is 3. The van der Waals surface area contributed by atoms with Gasteiger partial charge < -0.3 is 15.6 Å². The summed E-state index contributed by atoms with van der Waals surface area (Å²) in [6.07, 6.45) is 6.89. The molecule has 15 heavy (non-hydrogen) atoms. The first-order valence-corrected chi connectivity index (χ1v) is 6.24. The second-order valence-corrected chi connectivity index (χ2v) is 5.21. The van der Waals surface area contributed by atoms with Crippen LogP contribution in [0.1, 0.15) is 38.5 Å². The minimum absolute atomic E-state index is 0.137. The number of nitrogens with two attached hydrogens (primary N) is 1. The Balaban J connectivity index is 2.00. The molecule has 2 fully saturated rings. The molecule has 1 heterocycles. The Morgan fingerprint density at radius 2 is 2.07 bits per heavy atom. The molecule has 2 aliphatic rings. The molecule has 0 aromatic rings. The Morgan fingerprint density at radius 1 is 1.33 bits per heavy atom. The number of rotatable bonds is 3. The van der Waals surface area contributed by atoms with Crippen LogP contribution in [0.15, 0.2) is 0 Å². The van der Waals surface area contributed by atoms with Crippen LogP contribution in [0.5, 0.6) is 0 Å². The van der Waals surface area contributed by atoms with Crippen molar-refractivity contribution in [2.45, 2.75) is 44.6 Å². The normalized spacial score (nSPS) is 35.6. The van der Waals surface area contributed by atoms with Crippen LogP contribution in [-0.2, 0) is 4.74 Å². The van der Waals surface area contributed by atoms with Gasteiger partial charge >= 0.3 is 0 Å². The first-order chi connectivity index (χ1) is 7.28. The summed E-state index contributed by atoms with van der Waals surface area (Å²) in [5, 5.41) is 10.5. The minimum atomic E-state index is -0.245. The van der Waals surface area contributed by atoms with Crippen molar-refractivity contribution in [2.75, 3.05) is 19.8 Å². The molecule has 1 saturated heterocycles. The summed E-state index contributed by atoms with van der Waals surface area (Å²) >= 11 is 0. The molecule has 2 atom stereocenters. The number of hydrogen-bond donors (Lipinski definition) is 2. The van der Waals surface area contributed by atoms with E-state index in [1.54, 1.807) is 0 Å². The third-order valence-corrected chi connectivity index (χ3v) is 4.26. The highest BCUT2D eigenvalue weighted by atomic mass is 16.5. The van der Waals surface area contributed by atoms with Crippen molar-refractivity contribution in [3.8, 4) is 0 Å². The Labute approximate surface area is 92.0 Å². The second-order valence-electron chi connectivity index (χ2n) is 5.21. The second kappa shape index (κ2) is 4.81.